The molecular formula is C13H14N2O2. The molecular weight excluding hydrogens is 216 g/mol. The molecule has 0 aliphatic heterocycles. The lowest BCUT2D eigenvalue weighted by atomic mass is 10.1. The first-order valence-electron chi connectivity index (χ1n) is 5.40. The molecule has 0 atom stereocenters. The van der Waals surface area contributed by atoms with Crippen molar-refractivity contribution in [2.45, 2.75) is 20.3 Å². The zero-order valence-corrected chi connectivity index (χ0v) is 9.84. The number of aliphatic carboxylic acids is 1. The van der Waals surface area contributed by atoms with Crippen molar-refractivity contribution < 1.29 is 9.90 Å². The number of hydrogen-bond acceptors (Lipinski definition) is 2. The minimum Gasteiger partial charge on any atom is -0.481 e. The summed E-state index contributed by atoms with van der Waals surface area (Å²) in [5.74, 6) is -0.824. The largest absolute Gasteiger partial charge is 0.481 e. The number of aryl methyl sites for hydroxylation is 2. The SMILES string of the molecule is Cc1cc(C)n(-c2cccc(CC(=O)O)c2)n1. The van der Waals surface area contributed by atoms with Crippen molar-refractivity contribution in [1.29, 1.82) is 0 Å². The van der Waals surface area contributed by atoms with E-state index in [0.717, 1.165) is 22.6 Å². The van der Waals surface area contributed by atoms with Crippen LogP contribution in [0.25, 0.3) is 5.69 Å². The van der Waals surface area contributed by atoms with Crippen molar-refractivity contribution in [3.63, 3.8) is 0 Å². The molecule has 1 aromatic heterocycles. The first-order chi connectivity index (χ1) is 8.06. The number of aromatic nitrogens is 2. The van der Waals surface area contributed by atoms with Crippen molar-refractivity contribution in [2.75, 3.05) is 0 Å². The van der Waals surface area contributed by atoms with Crippen LogP contribution in [0.1, 0.15) is 17.0 Å². The van der Waals surface area contributed by atoms with Gasteiger partial charge in [-0.15, -0.1) is 0 Å². The van der Waals surface area contributed by atoms with E-state index in [-0.39, 0.29) is 6.42 Å². The van der Waals surface area contributed by atoms with Gasteiger partial charge in [-0.05, 0) is 37.6 Å². The Kier molecular flexibility index (Phi) is 2.95. The molecule has 0 aliphatic rings. The van der Waals surface area contributed by atoms with Gasteiger partial charge in [0.2, 0.25) is 0 Å². The summed E-state index contributed by atoms with van der Waals surface area (Å²) in [6.07, 6.45) is 0.0349. The van der Waals surface area contributed by atoms with Gasteiger partial charge in [-0.2, -0.15) is 5.10 Å². The van der Waals surface area contributed by atoms with Gasteiger partial charge in [0, 0.05) is 5.69 Å². The third-order valence-electron chi connectivity index (χ3n) is 2.52. The van der Waals surface area contributed by atoms with Crippen molar-refractivity contribution in [1.82, 2.24) is 9.78 Å². The molecule has 4 heteroatoms. The Balaban J connectivity index is 2.39. The number of carbonyl (C=O) groups is 1. The molecule has 2 aromatic rings. The summed E-state index contributed by atoms with van der Waals surface area (Å²) in [6.45, 7) is 3.91. The maximum atomic E-state index is 10.7. The number of nitrogens with zero attached hydrogens (tertiary/aromatic N) is 2. The summed E-state index contributed by atoms with van der Waals surface area (Å²) >= 11 is 0. The predicted molar refractivity (Wildman–Crippen MR) is 64.4 cm³/mol. The lowest BCUT2D eigenvalue weighted by molar-refractivity contribution is -0.136. The van der Waals surface area contributed by atoms with Gasteiger partial charge in [0.1, 0.15) is 0 Å². The van der Waals surface area contributed by atoms with Crippen LogP contribution < -0.4 is 0 Å². The quantitative estimate of drug-likeness (QED) is 0.878. The molecule has 0 bridgehead atoms. The van der Waals surface area contributed by atoms with Gasteiger partial charge in [-0.25, -0.2) is 4.68 Å². The van der Waals surface area contributed by atoms with Gasteiger partial charge in [-0.1, -0.05) is 12.1 Å². The first kappa shape index (κ1) is 11.4. The highest BCUT2D eigenvalue weighted by atomic mass is 16.4. The standard InChI is InChI=1S/C13H14N2O2/c1-9-6-10(2)15(14-9)12-5-3-4-11(7-12)8-13(16)17/h3-7H,8H2,1-2H3,(H,16,17). The average Bonchev–Trinajstić information content (AvgIpc) is 2.57. The topological polar surface area (TPSA) is 55.1 Å². The second-order valence-corrected chi connectivity index (χ2v) is 4.08. The second kappa shape index (κ2) is 4.41. The van der Waals surface area contributed by atoms with E-state index in [2.05, 4.69) is 5.10 Å². The first-order valence-corrected chi connectivity index (χ1v) is 5.40. The highest BCUT2D eigenvalue weighted by Crippen LogP contribution is 2.14. The van der Waals surface area contributed by atoms with Gasteiger partial charge in [-0.3, -0.25) is 4.79 Å². The average molecular weight is 230 g/mol. The van der Waals surface area contributed by atoms with Crippen molar-refractivity contribution >= 4 is 5.97 Å². The van der Waals surface area contributed by atoms with Gasteiger partial charge < -0.3 is 5.11 Å². The molecule has 0 saturated carbocycles. The Morgan fingerprint density at radius 2 is 2.12 bits per heavy atom. The molecule has 1 N–H and O–H groups in total. The molecule has 88 valence electrons. The number of benzene rings is 1. The fourth-order valence-electron chi connectivity index (χ4n) is 1.86. The van der Waals surface area contributed by atoms with Crippen LogP contribution in [-0.2, 0) is 11.2 Å². The predicted octanol–water partition coefficient (Wildman–Crippen LogP) is 2.12. The molecule has 0 saturated heterocycles. The van der Waals surface area contributed by atoms with Gasteiger partial charge in [0.05, 0.1) is 17.8 Å². The van der Waals surface area contributed by atoms with Crippen LogP contribution in [0.2, 0.25) is 0 Å². The van der Waals surface area contributed by atoms with Crippen LogP contribution in [0.15, 0.2) is 30.3 Å². The Bertz CT molecular complexity index is 558. The van der Waals surface area contributed by atoms with E-state index in [9.17, 15) is 4.79 Å². The van der Waals surface area contributed by atoms with E-state index in [1.807, 2.05) is 48.9 Å². The Labute approximate surface area is 99.5 Å². The van der Waals surface area contributed by atoms with Crippen LogP contribution in [-0.4, -0.2) is 20.9 Å². The molecule has 0 radical (unpaired) electrons. The number of carboxylic acid groups (broad SMARTS) is 1. The fraction of sp³-hybridized carbons (Fsp3) is 0.231. The van der Waals surface area contributed by atoms with Crippen molar-refractivity contribution in [2.24, 2.45) is 0 Å². The number of rotatable bonds is 3. The maximum absolute atomic E-state index is 10.7. The Morgan fingerprint density at radius 1 is 1.35 bits per heavy atom. The second-order valence-electron chi connectivity index (χ2n) is 4.08. The minimum atomic E-state index is -0.824. The van der Waals surface area contributed by atoms with Crippen LogP contribution in [0.4, 0.5) is 0 Å². The fourth-order valence-corrected chi connectivity index (χ4v) is 1.86. The Morgan fingerprint density at radius 3 is 2.71 bits per heavy atom. The van der Waals surface area contributed by atoms with E-state index >= 15 is 0 Å². The molecule has 17 heavy (non-hydrogen) atoms. The molecule has 0 amide bonds. The lowest BCUT2D eigenvalue weighted by Crippen LogP contribution is -2.03. The summed E-state index contributed by atoms with van der Waals surface area (Å²) in [5, 5.41) is 13.1. The molecule has 2 rings (SSSR count). The van der Waals surface area contributed by atoms with E-state index in [4.69, 9.17) is 5.11 Å². The zero-order chi connectivity index (χ0) is 12.4. The third kappa shape index (κ3) is 2.53. The summed E-state index contributed by atoms with van der Waals surface area (Å²) in [4.78, 5) is 10.7. The van der Waals surface area contributed by atoms with Crippen molar-refractivity contribution in [3.8, 4) is 5.69 Å². The van der Waals surface area contributed by atoms with Crippen LogP contribution in [0.5, 0.6) is 0 Å². The molecule has 0 spiro atoms. The number of hydrogen-bond donors (Lipinski definition) is 1. The van der Waals surface area contributed by atoms with Crippen LogP contribution in [0.3, 0.4) is 0 Å². The van der Waals surface area contributed by atoms with E-state index in [1.165, 1.54) is 0 Å². The zero-order valence-electron chi connectivity index (χ0n) is 9.84. The van der Waals surface area contributed by atoms with Gasteiger partial charge in [0.25, 0.3) is 0 Å². The van der Waals surface area contributed by atoms with Gasteiger partial charge in [0.15, 0.2) is 0 Å². The van der Waals surface area contributed by atoms with Crippen LogP contribution >= 0.6 is 0 Å². The van der Waals surface area contributed by atoms with E-state index in [0.29, 0.717) is 0 Å². The van der Waals surface area contributed by atoms with E-state index < -0.39 is 5.97 Å². The molecule has 1 aromatic carbocycles. The summed E-state index contributed by atoms with van der Waals surface area (Å²) in [7, 11) is 0. The smallest absolute Gasteiger partial charge is 0.307 e. The highest BCUT2D eigenvalue weighted by molar-refractivity contribution is 5.70. The Hall–Kier alpha value is -2.10. The lowest BCUT2D eigenvalue weighted by Gasteiger charge is -2.06. The molecule has 1 heterocycles. The van der Waals surface area contributed by atoms with Crippen molar-refractivity contribution in [3.05, 3.63) is 47.3 Å². The molecule has 0 aliphatic carbocycles. The molecule has 0 fully saturated rings. The summed E-state index contributed by atoms with van der Waals surface area (Å²) in [5.41, 5.74) is 3.66. The third-order valence-corrected chi connectivity index (χ3v) is 2.52. The highest BCUT2D eigenvalue weighted by Gasteiger charge is 2.06. The minimum absolute atomic E-state index is 0.0349. The van der Waals surface area contributed by atoms with Gasteiger partial charge >= 0.3 is 5.97 Å². The summed E-state index contributed by atoms with van der Waals surface area (Å²) < 4.78 is 1.82. The van der Waals surface area contributed by atoms with E-state index in [1.54, 1.807) is 0 Å². The molecule has 0 unspecified atom stereocenters. The number of carboxylic acids is 1. The van der Waals surface area contributed by atoms with Crippen LogP contribution in [0, 0.1) is 13.8 Å². The monoisotopic (exact) mass is 230 g/mol. The summed E-state index contributed by atoms with van der Waals surface area (Å²) in [6, 6.07) is 9.43. The normalized spacial score (nSPS) is 10.5. The maximum Gasteiger partial charge on any atom is 0.307 e. The molecule has 4 nitrogen and oxygen atoms in total.